The second kappa shape index (κ2) is 6.30. The highest BCUT2D eigenvalue weighted by Crippen LogP contribution is 2.20. The topological polar surface area (TPSA) is 121 Å². The van der Waals surface area contributed by atoms with Crippen LogP contribution >= 0.6 is 0 Å². The lowest BCUT2D eigenvalue weighted by Crippen LogP contribution is -2.30. The van der Waals surface area contributed by atoms with Crippen molar-refractivity contribution in [3.8, 4) is 0 Å². The Morgan fingerprint density at radius 1 is 1.24 bits per heavy atom. The molecule has 9 nitrogen and oxygen atoms in total. The molecule has 0 bridgehead atoms. The molecule has 0 fully saturated rings. The monoisotopic (exact) mass is 363 g/mol. The zero-order valence-corrected chi connectivity index (χ0v) is 14.5. The van der Waals surface area contributed by atoms with Gasteiger partial charge in [-0.25, -0.2) is 13.2 Å². The fraction of sp³-hybridized carbons (Fsp3) is 0.267. The molecule has 2 heterocycles. The standard InChI is InChI=1S/C15H17N5O4S/c1-3-20(9-10-7-16-19(2)8-10)25(23,24)11-4-5-13-12(6-11)14(21)18-15(22)17-13/h4-8H,3,9H2,1-2H3,(H2,17,18,21,22). The summed E-state index contributed by atoms with van der Waals surface area (Å²) in [4.78, 5) is 27.8. The lowest BCUT2D eigenvalue weighted by molar-refractivity contribution is 0.423. The van der Waals surface area contributed by atoms with Crippen molar-refractivity contribution in [1.82, 2.24) is 24.1 Å². The molecule has 0 aliphatic heterocycles. The second-order valence-corrected chi connectivity index (χ2v) is 7.51. The zero-order valence-electron chi connectivity index (χ0n) is 13.7. The van der Waals surface area contributed by atoms with Gasteiger partial charge in [-0.15, -0.1) is 0 Å². The minimum Gasteiger partial charge on any atom is -0.307 e. The van der Waals surface area contributed by atoms with Gasteiger partial charge in [0.2, 0.25) is 10.0 Å². The fourth-order valence-corrected chi connectivity index (χ4v) is 4.04. The number of hydrogen-bond acceptors (Lipinski definition) is 5. The lowest BCUT2D eigenvalue weighted by Gasteiger charge is -2.20. The number of fused-ring (bicyclic) bond motifs is 1. The molecule has 2 N–H and O–H groups in total. The summed E-state index contributed by atoms with van der Waals surface area (Å²) in [6, 6.07) is 4.06. The van der Waals surface area contributed by atoms with Gasteiger partial charge < -0.3 is 4.98 Å². The summed E-state index contributed by atoms with van der Waals surface area (Å²) in [6.45, 7) is 2.17. The minimum absolute atomic E-state index is 0.0108. The van der Waals surface area contributed by atoms with Crippen LogP contribution in [0.25, 0.3) is 10.9 Å². The maximum atomic E-state index is 12.9. The first-order valence-electron chi connectivity index (χ1n) is 7.55. The van der Waals surface area contributed by atoms with E-state index in [0.717, 1.165) is 5.56 Å². The number of rotatable bonds is 5. The Morgan fingerprint density at radius 2 is 2.00 bits per heavy atom. The van der Waals surface area contributed by atoms with E-state index < -0.39 is 21.3 Å². The van der Waals surface area contributed by atoms with Crippen molar-refractivity contribution in [2.75, 3.05) is 6.54 Å². The number of nitrogens with zero attached hydrogens (tertiary/aromatic N) is 3. The summed E-state index contributed by atoms with van der Waals surface area (Å²) in [6.07, 6.45) is 3.35. The van der Waals surface area contributed by atoms with Gasteiger partial charge in [0.15, 0.2) is 0 Å². The molecule has 25 heavy (non-hydrogen) atoms. The Morgan fingerprint density at radius 3 is 2.64 bits per heavy atom. The number of aryl methyl sites for hydroxylation is 1. The van der Waals surface area contributed by atoms with E-state index >= 15 is 0 Å². The summed E-state index contributed by atoms with van der Waals surface area (Å²) >= 11 is 0. The molecule has 1 aromatic carbocycles. The van der Waals surface area contributed by atoms with Crippen LogP contribution in [0, 0.1) is 0 Å². The van der Waals surface area contributed by atoms with Gasteiger partial charge in [-0.05, 0) is 18.2 Å². The third-order valence-corrected chi connectivity index (χ3v) is 5.74. The molecule has 0 aliphatic carbocycles. The molecule has 0 atom stereocenters. The summed E-state index contributed by atoms with van der Waals surface area (Å²) in [7, 11) is -2.05. The van der Waals surface area contributed by atoms with Crippen molar-refractivity contribution in [3.63, 3.8) is 0 Å². The SMILES string of the molecule is CCN(Cc1cnn(C)c1)S(=O)(=O)c1ccc2[nH]c(=O)[nH]c(=O)c2c1. The first-order valence-corrected chi connectivity index (χ1v) is 8.99. The number of aromatic nitrogens is 4. The highest BCUT2D eigenvalue weighted by Gasteiger charge is 2.24. The summed E-state index contributed by atoms with van der Waals surface area (Å²) < 4.78 is 28.7. The average molecular weight is 363 g/mol. The fourth-order valence-electron chi connectivity index (χ4n) is 2.58. The van der Waals surface area contributed by atoms with Crippen molar-refractivity contribution in [2.24, 2.45) is 7.05 Å². The molecule has 2 aromatic heterocycles. The van der Waals surface area contributed by atoms with Crippen LogP contribution in [0.1, 0.15) is 12.5 Å². The van der Waals surface area contributed by atoms with Crippen molar-refractivity contribution in [2.45, 2.75) is 18.4 Å². The molecule has 0 saturated carbocycles. The van der Waals surface area contributed by atoms with Gasteiger partial charge in [0.1, 0.15) is 0 Å². The number of benzene rings is 1. The lowest BCUT2D eigenvalue weighted by atomic mass is 10.2. The van der Waals surface area contributed by atoms with Gasteiger partial charge in [0, 0.05) is 31.9 Å². The summed E-state index contributed by atoms with van der Waals surface area (Å²) in [5, 5.41) is 4.14. The first kappa shape index (κ1) is 17.1. The summed E-state index contributed by atoms with van der Waals surface area (Å²) in [5.41, 5.74) is -0.232. The van der Waals surface area contributed by atoms with Crippen LogP contribution in [-0.2, 0) is 23.6 Å². The first-order chi connectivity index (χ1) is 11.8. The molecular formula is C15H17N5O4S. The number of nitrogens with one attached hydrogen (secondary N) is 2. The van der Waals surface area contributed by atoms with Crippen LogP contribution in [-0.4, -0.2) is 39.0 Å². The van der Waals surface area contributed by atoms with E-state index in [9.17, 15) is 18.0 Å². The van der Waals surface area contributed by atoms with E-state index in [4.69, 9.17) is 0 Å². The quantitative estimate of drug-likeness (QED) is 0.669. The van der Waals surface area contributed by atoms with Gasteiger partial charge >= 0.3 is 5.69 Å². The highest BCUT2D eigenvalue weighted by atomic mass is 32.2. The number of H-pyrrole nitrogens is 2. The van der Waals surface area contributed by atoms with Crippen LogP contribution in [0.4, 0.5) is 0 Å². The molecule has 132 valence electrons. The van der Waals surface area contributed by atoms with Crippen LogP contribution < -0.4 is 11.2 Å². The van der Waals surface area contributed by atoms with Crippen molar-refractivity contribution in [3.05, 3.63) is 57.0 Å². The van der Waals surface area contributed by atoms with Crippen LogP contribution in [0.3, 0.4) is 0 Å². The van der Waals surface area contributed by atoms with Gasteiger partial charge in [-0.2, -0.15) is 9.40 Å². The predicted octanol–water partition coefficient (Wildman–Crippen LogP) is 0.161. The Balaban J connectivity index is 2.04. The maximum absolute atomic E-state index is 12.9. The van der Waals surface area contributed by atoms with E-state index in [0.29, 0.717) is 0 Å². The van der Waals surface area contributed by atoms with Gasteiger partial charge in [-0.3, -0.25) is 14.5 Å². The van der Waals surface area contributed by atoms with E-state index in [1.165, 1.54) is 22.5 Å². The molecular weight excluding hydrogens is 346 g/mol. The zero-order chi connectivity index (χ0) is 18.2. The number of hydrogen-bond donors (Lipinski definition) is 2. The molecule has 0 aliphatic rings. The second-order valence-electron chi connectivity index (χ2n) is 5.57. The van der Waals surface area contributed by atoms with Crippen molar-refractivity contribution < 1.29 is 8.42 Å². The maximum Gasteiger partial charge on any atom is 0.326 e. The van der Waals surface area contributed by atoms with E-state index in [1.807, 2.05) is 0 Å². The van der Waals surface area contributed by atoms with E-state index in [1.54, 1.807) is 31.0 Å². The molecule has 0 amide bonds. The Labute approximate surface area is 143 Å². The van der Waals surface area contributed by atoms with Crippen molar-refractivity contribution in [1.29, 1.82) is 0 Å². The average Bonchev–Trinajstić information content (AvgIpc) is 2.97. The Hall–Kier alpha value is -2.72. The molecule has 3 rings (SSSR count). The van der Waals surface area contributed by atoms with Gasteiger partial charge in [0.05, 0.1) is 22.0 Å². The van der Waals surface area contributed by atoms with Gasteiger partial charge in [0.25, 0.3) is 5.56 Å². The third kappa shape index (κ3) is 3.26. The normalized spacial score (nSPS) is 12.1. The van der Waals surface area contributed by atoms with E-state index in [-0.39, 0.29) is 28.9 Å². The van der Waals surface area contributed by atoms with Crippen LogP contribution in [0.15, 0.2) is 45.1 Å². The van der Waals surface area contributed by atoms with Gasteiger partial charge in [-0.1, -0.05) is 6.92 Å². The minimum atomic E-state index is -3.81. The highest BCUT2D eigenvalue weighted by molar-refractivity contribution is 7.89. The largest absolute Gasteiger partial charge is 0.326 e. The number of sulfonamides is 1. The van der Waals surface area contributed by atoms with E-state index in [2.05, 4.69) is 15.1 Å². The molecule has 0 spiro atoms. The molecule has 0 radical (unpaired) electrons. The summed E-state index contributed by atoms with van der Waals surface area (Å²) in [5.74, 6) is 0. The Kier molecular flexibility index (Phi) is 4.31. The smallest absolute Gasteiger partial charge is 0.307 e. The molecule has 0 unspecified atom stereocenters. The Bertz CT molecular complexity index is 1140. The third-order valence-electron chi connectivity index (χ3n) is 3.82. The molecule has 3 aromatic rings. The van der Waals surface area contributed by atoms with Crippen LogP contribution in [0.2, 0.25) is 0 Å². The predicted molar refractivity (Wildman–Crippen MR) is 91.7 cm³/mol. The molecule has 0 saturated heterocycles. The molecule has 10 heteroatoms. The van der Waals surface area contributed by atoms with Crippen molar-refractivity contribution >= 4 is 20.9 Å². The number of aromatic amines is 2. The van der Waals surface area contributed by atoms with Crippen LogP contribution in [0.5, 0.6) is 0 Å².